The maximum atomic E-state index is 4.28. The van der Waals surface area contributed by atoms with Crippen molar-refractivity contribution >= 4 is 63.1 Å². The van der Waals surface area contributed by atoms with Crippen LogP contribution in [0.2, 0.25) is 0 Å². The van der Waals surface area contributed by atoms with E-state index in [4.69, 9.17) is 0 Å². The molecule has 5 aromatic carbocycles. The minimum Gasteiger partial charge on any atom is -0.269 e. The van der Waals surface area contributed by atoms with E-state index in [9.17, 15) is 0 Å². The van der Waals surface area contributed by atoms with E-state index >= 15 is 0 Å². The SMILES string of the molecule is CCCC1CCC(C#Cc2ccc(S)cc2)CC1.CCCC1CCC(C#Cc2ccc(S)cc2)CC1.CCCC1CCC(C#Cc2ccc(S)cc2)CC1.CCCC1CCC(C#Cc2ccc(S)cc2)CC1.CCCC1CCC(C#Cc2ccc(S)cc2)CC1.F.F.F.F.F. The molecule has 0 saturated heterocycles. The molecule has 95 heavy (non-hydrogen) atoms. The van der Waals surface area contributed by atoms with Crippen molar-refractivity contribution in [1.82, 2.24) is 0 Å². The summed E-state index contributed by atoms with van der Waals surface area (Å²) < 4.78 is 0. The summed E-state index contributed by atoms with van der Waals surface area (Å²) in [5.74, 6) is 41.7. The highest BCUT2D eigenvalue weighted by Crippen LogP contribution is 2.35. The zero-order valence-electron chi connectivity index (χ0n) is 57.8. The summed E-state index contributed by atoms with van der Waals surface area (Å²) in [5, 5.41) is 0. The average Bonchev–Trinajstić information content (AvgIpc) is 3.77. The molecule has 10 heteroatoms. The Balaban J connectivity index is 0.000000586. The van der Waals surface area contributed by atoms with Crippen LogP contribution in [0.3, 0.4) is 0 Å². The molecule has 0 unspecified atom stereocenters. The van der Waals surface area contributed by atoms with Gasteiger partial charge in [-0.2, -0.15) is 0 Å². The third kappa shape index (κ3) is 37.2. The topological polar surface area (TPSA) is 0 Å². The van der Waals surface area contributed by atoms with Crippen LogP contribution in [0, 0.1) is 118 Å². The van der Waals surface area contributed by atoms with Crippen molar-refractivity contribution < 1.29 is 23.5 Å². The maximum Gasteiger partial charge on any atom is 0.0246 e. The van der Waals surface area contributed by atoms with Gasteiger partial charge in [0.05, 0.1) is 0 Å². The zero-order chi connectivity index (χ0) is 64.0. The van der Waals surface area contributed by atoms with E-state index in [2.05, 4.69) is 218 Å². The fourth-order valence-electron chi connectivity index (χ4n) is 13.7. The average molecular weight is 1390 g/mol. The van der Waals surface area contributed by atoms with Crippen molar-refractivity contribution in [2.75, 3.05) is 0 Å². The molecule has 10 rings (SSSR count). The first-order valence-corrected chi connectivity index (χ1v) is 37.6. The third-order valence-electron chi connectivity index (χ3n) is 19.2. The Kier molecular flexibility index (Phi) is 48.7. The lowest BCUT2D eigenvalue weighted by atomic mass is 9.80. The van der Waals surface area contributed by atoms with Crippen LogP contribution in [0.1, 0.15) is 255 Å². The summed E-state index contributed by atoms with van der Waals surface area (Å²) >= 11 is 21.4. The van der Waals surface area contributed by atoms with Crippen LogP contribution in [0.4, 0.5) is 23.5 Å². The Labute approximate surface area is 601 Å². The Morgan fingerprint density at radius 2 is 0.347 bits per heavy atom. The number of rotatable bonds is 10. The first-order valence-electron chi connectivity index (χ1n) is 35.4. The molecule has 0 nitrogen and oxygen atoms in total. The molecule has 0 amide bonds. The molecule has 5 fully saturated rings. The lowest BCUT2D eigenvalue weighted by molar-refractivity contribution is 0.300. The molecular weight excluding hydrogens is 1280 g/mol. The molecule has 520 valence electrons. The van der Waals surface area contributed by atoms with Crippen LogP contribution >= 0.6 is 63.1 Å². The molecule has 0 aromatic heterocycles. The summed E-state index contributed by atoms with van der Waals surface area (Å²) in [4.78, 5) is 5.00. The molecule has 5 aliphatic rings. The number of hydrogen-bond donors (Lipinski definition) is 5. The van der Waals surface area contributed by atoms with Crippen LogP contribution in [0.15, 0.2) is 146 Å². The van der Waals surface area contributed by atoms with Gasteiger partial charge in [0.25, 0.3) is 0 Å². The van der Waals surface area contributed by atoms with Gasteiger partial charge in [0.2, 0.25) is 0 Å². The summed E-state index contributed by atoms with van der Waals surface area (Å²) in [5.41, 5.74) is 5.57. The van der Waals surface area contributed by atoms with Crippen molar-refractivity contribution in [1.29, 1.82) is 0 Å². The van der Waals surface area contributed by atoms with Crippen molar-refractivity contribution in [3.05, 3.63) is 149 Å². The monoisotopic (exact) mass is 1390 g/mol. The highest BCUT2D eigenvalue weighted by Gasteiger charge is 2.23. The highest BCUT2D eigenvalue weighted by atomic mass is 32.1. The second-order valence-corrected chi connectivity index (χ2v) is 29.2. The maximum absolute atomic E-state index is 4.28. The van der Waals surface area contributed by atoms with Crippen LogP contribution in [0.5, 0.6) is 0 Å². The first-order chi connectivity index (χ1) is 43.9. The number of hydrogen-bond acceptors (Lipinski definition) is 5. The second kappa shape index (κ2) is 52.4. The van der Waals surface area contributed by atoms with Crippen molar-refractivity contribution in [3.8, 4) is 59.2 Å². The van der Waals surface area contributed by atoms with Crippen LogP contribution in [-0.2, 0) is 0 Å². The molecule has 5 aliphatic carbocycles. The zero-order valence-corrected chi connectivity index (χ0v) is 62.3. The Bertz CT molecular complexity index is 2590. The molecule has 0 heterocycles. The van der Waals surface area contributed by atoms with E-state index in [0.29, 0.717) is 29.6 Å². The van der Waals surface area contributed by atoms with Gasteiger partial charge in [-0.05, 0) is 279 Å². The first kappa shape index (κ1) is 88.3. The number of benzene rings is 5. The molecule has 0 N–H and O–H groups in total. The minimum atomic E-state index is 0. The van der Waals surface area contributed by atoms with Crippen molar-refractivity contribution in [2.24, 2.45) is 59.2 Å². The Hall–Kier alpha value is -4.70. The van der Waals surface area contributed by atoms with Gasteiger partial charge in [-0.1, -0.05) is 158 Å². The van der Waals surface area contributed by atoms with E-state index in [-0.39, 0.29) is 23.5 Å². The van der Waals surface area contributed by atoms with Gasteiger partial charge in [0.15, 0.2) is 0 Å². The largest absolute Gasteiger partial charge is 0.269 e. The predicted molar refractivity (Wildman–Crippen MR) is 417 cm³/mol. The van der Waals surface area contributed by atoms with Crippen LogP contribution in [-0.4, -0.2) is 0 Å². The van der Waals surface area contributed by atoms with E-state index in [1.807, 2.05) is 60.7 Å². The second-order valence-electron chi connectivity index (χ2n) is 26.6. The molecule has 5 saturated carbocycles. The number of halogens is 5. The van der Waals surface area contributed by atoms with Gasteiger partial charge in [-0.25, -0.2) is 0 Å². The normalized spacial score (nSPS) is 22.0. The predicted octanol–water partition coefficient (Wildman–Crippen LogP) is 25.4. The molecule has 0 atom stereocenters. The molecule has 0 spiro atoms. The van der Waals surface area contributed by atoms with Gasteiger partial charge in [-0.15, -0.1) is 63.1 Å². The Morgan fingerprint density at radius 1 is 0.221 bits per heavy atom. The van der Waals surface area contributed by atoms with Crippen LogP contribution in [0.25, 0.3) is 0 Å². The van der Waals surface area contributed by atoms with Gasteiger partial charge < -0.3 is 0 Å². The van der Waals surface area contributed by atoms with E-state index in [1.165, 1.54) is 193 Å². The molecule has 0 bridgehead atoms. The van der Waals surface area contributed by atoms with Crippen molar-refractivity contribution in [2.45, 2.75) is 252 Å². The molecule has 0 radical (unpaired) electrons. The van der Waals surface area contributed by atoms with E-state index in [0.717, 1.165) is 81.9 Å². The minimum absolute atomic E-state index is 0. The van der Waals surface area contributed by atoms with Gasteiger partial charge >= 0.3 is 0 Å². The molecule has 0 aliphatic heterocycles. The summed E-state index contributed by atoms with van der Waals surface area (Å²) in [7, 11) is 0. The van der Waals surface area contributed by atoms with Gasteiger partial charge in [0, 0.05) is 81.9 Å². The standard InChI is InChI=1S/5C17H22S.5FH/c5*1-2-3-14-4-6-15(7-5-14)8-9-16-10-12-17(18)13-11-16;;;;;/h5*10-15,18H,2-7H2,1H3;5*1H. The lowest BCUT2D eigenvalue weighted by Crippen LogP contribution is -2.13. The quantitative estimate of drug-likeness (QED) is 0.0514. The molecular formula is C85H115F5S5. The summed E-state index contributed by atoms with van der Waals surface area (Å²) in [6.45, 7) is 11.4. The Morgan fingerprint density at radius 3 is 0.463 bits per heavy atom. The third-order valence-corrected chi connectivity index (χ3v) is 20.6. The fraction of sp³-hybridized carbons (Fsp3) is 0.529. The van der Waals surface area contributed by atoms with Crippen molar-refractivity contribution in [3.63, 3.8) is 0 Å². The summed E-state index contributed by atoms with van der Waals surface area (Å²) in [6.07, 6.45) is 40.4. The fourth-order valence-corrected chi connectivity index (χ4v) is 14.4. The highest BCUT2D eigenvalue weighted by molar-refractivity contribution is 7.81. The van der Waals surface area contributed by atoms with Crippen LogP contribution < -0.4 is 0 Å². The van der Waals surface area contributed by atoms with Gasteiger partial charge in [0.1, 0.15) is 0 Å². The summed E-state index contributed by atoms with van der Waals surface area (Å²) in [6, 6.07) is 40.6. The molecule has 5 aromatic rings. The smallest absolute Gasteiger partial charge is 0.0246 e. The van der Waals surface area contributed by atoms with Gasteiger partial charge in [-0.3, -0.25) is 23.5 Å². The lowest BCUT2D eigenvalue weighted by Gasteiger charge is -2.25. The number of thiol groups is 5. The van der Waals surface area contributed by atoms with E-state index < -0.39 is 0 Å². The van der Waals surface area contributed by atoms with E-state index in [1.54, 1.807) is 0 Å².